The van der Waals surface area contributed by atoms with E-state index in [1.54, 1.807) is 43.5 Å². The molecule has 1 atom stereocenters. The Morgan fingerprint density at radius 3 is 2.40 bits per heavy atom. The molecule has 1 aliphatic carbocycles. The summed E-state index contributed by atoms with van der Waals surface area (Å²) >= 11 is 0. The highest BCUT2D eigenvalue weighted by molar-refractivity contribution is 6.26. The number of ether oxygens (including phenoxy) is 2. The van der Waals surface area contributed by atoms with E-state index in [-0.39, 0.29) is 36.2 Å². The second-order valence-corrected chi connectivity index (χ2v) is 8.35. The van der Waals surface area contributed by atoms with Crippen LogP contribution in [0.15, 0.2) is 66.7 Å². The molecule has 2 amide bonds. The van der Waals surface area contributed by atoms with Crippen molar-refractivity contribution in [1.82, 2.24) is 4.90 Å². The van der Waals surface area contributed by atoms with Crippen LogP contribution in [0.25, 0.3) is 0 Å². The number of benzene rings is 3. The maximum Gasteiger partial charge on any atom is 0.264 e. The van der Waals surface area contributed by atoms with Gasteiger partial charge in [-0.05, 0) is 42.8 Å². The van der Waals surface area contributed by atoms with Crippen molar-refractivity contribution < 1.29 is 28.7 Å². The summed E-state index contributed by atoms with van der Waals surface area (Å²) in [5.74, 6) is 0.00139. The van der Waals surface area contributed by atoms with Gasteiger partial charge in [-0.15, -0.1) is 0 Å². The third kappa shape index (κ3) is 4.14. The zero-order chi connectivity index (χ0) is 24.5. The van der Waals surface area contributed by atoms with E-state index in [0.29, 0.717) is 28.6 Å². The lowest BCUT2D eigenvalue weighted by Crippen LogP contribution is -2.47. The number of fused-ring (bicyclic) bond motifs is 1. The molecule has 0 aromatic heterocycles. The summed E-state index contributed by atoms with van der Waals surface area (Å²) in [5.41, 5.74) is 1.36. The first-order valence-electron chi connectivity index (χ1n) is 11.2. The topological polar surface area (TPSA) is 102 Å². The van der Waals surface area contributed by atoms with E-state index in [2.05, 4.69) is 5.32 Å². The number of ketones is 2. The predicted octanol–water partition coefficient (Wildman–Crippen LogP) is 4.52. The number of carbonyl (C=O) groups excluding carboxylic acids is 4. The fourth-order valence-corrected chi connectivity index (χ4v) is 4.40. The second kappa shape index (κ2) is 9.06. The predicted molar refractivity (Wildman–Crippen MR) is 127 cm³/mol. The van der Waals surface area contributed by atoms with Crippen LogP contribution in [-0.4, -0.2) is 41.4 Å². The van der Waals surface area contributed by atoms with E-state index >= 15 is 0 Å². The monoisotopic (exact) mass is 470 g/mol. The molecule has 0 bridgehead atoms. The van der Waals surface area contributed by atoms with E-state index in [9.17, 15) is 19.2 Å². The molecule has 1 aliphatic heterocycles. The van der Waals surface area contributed by atoms with Crippen molar-refractivity contribution >= 4 is 34.8 Å². The number of anilines is 2. The molecule has 5 rings (SSSR count). The molecule has 1 heterocycles. The molecule has 1 saturated carbocycles. The van der Waals surface area contributed by atoms with Gasteiger partial charge in [0, 0.05) is 12.5 Å². The van der Waals surface area contributed by atoms with Gasteiger partial charge >= 0.3 is 0 Å². The van der Waals surface area contributed by atoms with Crippen LogP contribution in [0, 0.1) is 0 Å². The second-order valence-electron chi connectivity index (χ2n) is 8.35. The molecule has 176 valence electrons. The first kappa shape index (κ1) is 22.3. The van der Waals surface area contributed by atoms with Crippen LogP contribution in [0.4, 0.5) is 11.4 Å². The number of methoxy groups -OCH3 is 1. The molecule has 1 fully saturated rings. The number of nitrogens with one attached hydrogen (secondary N) is 1. The molecule has 8 heteroatoms. The summed E-state index contributed by atoms with van der Waals surface area (Å²) in [5, 5.41) is 3.22. The Hall–Kier alpha value is -4.46. The van der Waals surface area contributed by atoms with Crippen LogP contribution in [0.5, 0.6) is 17.2 Å². The maximum absolute atomic E-state index is 13.4. The van der Waals surface area contributed by atoms with Gasteiger partial charge in [0.1, 0.15) is 17.3 Å². The third-order valence-electron chi connectivity index (χ3n) is 6.13. The van der Waals surface area contributed by atoms with Crippen molar-refractivity contribution in [3.8, 4) is 17.2 Å². The number of hydrogen-bond acceptors (Lipinski definition) is 7. The summed E-state index contributed by atoms with van der Waals surface area (Å²) in [4.78, 5) is 51.6. The van der Waals surface area contributed by atoms with Crippen molar-refractivity contribution in [2.75, 3.05) is 12.4 Å². The molecule has 2 aliphatic rings. The van der Waals surface area contributed by atoms with E-state index in [4.69, 9.17) is 9.47 Å². The number of nitrogens with zero attached hydrogens (tertiary/aromatic N) is 1. The van der Waals surface area contributed by atoms with Crippen molar-refractivity contribution in [2.24, 2.45) is 0 Å². The average Bonchev–Trinajstić information content (AvgIpc) is 3.11. The zero-order valence-electron chi connectivity index (χ0n) is 18.9. The molecule has 1 unspecified atom stereocenters. The van der Waals surface area contributed by atoms with E-state index in [1.165, 1.54) is 0 Å². The summed E-state index contributed by atoms with van der Waals surface area (Å²) in [6.07, 6.45) is 0.0651. The molecule has 0 saturated heterocycles. The largest absolute Gasteiger partial charge is 0.497 e. The number of rotatable bonds is 6. The molecule has 3 aromatic rings. The summed E-state index contributed by atoms with van der Waals surface area (Å²) in [6, 6.07) is 18.4. The van der Waals surface area contributed by atoms with Gasteiger partial charge in [0.2, 0.25) is 0 Å². The Balaban J connectivity index is 1.49. The van der Waals surface area contributed by atoms with Crippen LogP contribution >= 0.6 is 0 Å². The van der Waals surface area contributed by atoms with Crippen LogP contribution in [-0.2, 0) is 9.59 Å². The minimum absolute atomic E-state index is 0.152. The van der Waals surface area contributed by atoms with Crippen molar-refractivity contribution in [3.63, 3.8) is 0 Å². The van der Waals surface area contributed by atoms with Gasteiger partial charge in [-0.25, -0.2) is 0 Å². The summed E-state index contributed by atoms with van der Waals surface area (Å²) < 4.78 is 11.4. The number of imide groups is 1. The Kier molecular flexibility index (Phi) is 5.78. The molecule has 35 heavy (non-hydrogen) atoms. The van der Waals surface area contributed by atoms with Gasteiger partial charge in [-0.1, -0.05) is 24.3 Å². The fraction of sp³-hybridized carbons (Fsp3) is 0.185. The lowest BCUT2D eigenvalue weighted by Gasteiger charge is -2.27. The van der Waals surface area contributed by atoms with Gasteiger partial charge in [-0.2, -0.15) is 0 Å². The van der Waals surface area contributed by atoms with Crippen molar-refractivity contribution in [1.29, 1.82) is 0 Å². The number of amides is 2. The number of Topliss-reactive ketones (excluding diaryl/α,β-unsaturated/α-hetero) is 2. The Bertz CT molecular complexity index is 1350. The average molecular weight is 470 g/mol. The Morgan fingerprint density at radius 1 is 0.857 bits per heavy atom. The van der Waals surface area contributed by atoms with Gasteiger partial charge in [0.25, 0.3) is 11.8 Å². The van der Waals surface area contributed by atoms with Crippen molar-refractivity contribution in [2.45, 2.75) is 25.3 Å². The highest BCUT2D eigenvalue weighted by atomic mass is 16.5. The zero-order valence-corrected chi connectivity index (χ0v) is 18.9. The highest BCUT2D eigenvalue weighted by Crippen LogP contribution is 2.38. The Labute approximate surface area is 201 Å². The number of hydrogen-bond donors (Lipinski definition) is 1. The minimum Gasteiger partial charge on any atom is -0.497 e. The lowest BCUT2D eigenvalue weighted by atomic mass is 9.92. The van der Waals surface area contributed by atoms with Gasteiger partial charge in [-0.3, -0.25) is 24.1 Å². The van der Waals surface area contributed by atoms with Gasteiger partial charge in [0.05, 0.1) is 42.1 Å². The SMILES string of the molecule is COc1ccc(Nc2cccc3c2C(=O)N(C2CCC(=O)CC2=O)C3=O)c(Oc2ccccc2)c1. The Morgan fingerprint density at radius 2 is 1.66 bits per heavy atom. The van der Waals surface area contributed by atoms with Crippen LogP contribution < -0.4 is 14.8 Å². The molecule has 1 N–H and O–H groups in total. The third-order valence-corrected chi connectivity index (χ3v) is 6.13. The summed E-state index contributed by atoms with van der Waals surface area (Å²) in [6.45, 7) is 0. The quantitative estimate of drug-likeness (QED) is 0.417. The maximum atomic E-state index is 13.4. The fourth-order valence-electron chi connectivity index (χ4n) is 4.40. The summed E-state index contributed by atoms with van der Waals surface area (Å²) in [7, 11) is 1.55. The van der Waals surface area contributed by atoms with E-state index in [1.807, 2.05) is 30.3 Å². The van der Waals surface area contributed by atoms with Gasteiger partial charge < -0.3 is 14.8 Å². The standard InChI is InChI=1S/C27H22N2O6/c1-34-18-11-12-20(24(15-18)35-17-6-3-2-4-7-17)28-21-9-5-8-19-25(21)27(33)29(26(19)32)22-13-10-16(30)14-23(22)31/h2-9,11-12,15,22,28H,10,13-14H2,1H3. The van der Waals surface area contributed by atoms with Crippen LogP contribution in [0.3, 0.4) is 0 Å². The number of carbonyl (C=O) groups is 4. The molecule has 8 nitrogen and oxygen atoms in total. The van der Waals surface area contributed by atoms with Crippen molar-refractivity contribution in [3.05, 3.63) is 77.9 Å². The van der Waals surface area contributed by atoms with Crippen LogP contribution in [0.1, 0.15) is 40.0 Å². The van der Waals surface area contributed by atoms with Crippen LogP contribution in [0.2, 0.25) is 0 Å². The molecular formula is C27H22N2O6. The van der Waals surface area contributed by atoms with Gasteiger partial charge in [0.15, 0.2) is 11.5 Å². The molecular weight excluding hydrogens is 448 g/mol. The minimum atomic E-state index is -0.925. The first-order valence-corrected chi connectivity index (χ1v) is 11.2. The molecule has 0 radical (unpaired) electrons. The molecule has 3 aromatic carbocycles. The molecule has 0 spiro atoms. The smallest absolute Gasteiger partial charge is 0.264 e. The van der Waals surface area contributed by atoms with E-state index < -0.39 is 23.6 Å². The highest BCUT2D eigenvalue weighted by Gasteiger charge is 2.45. The normalized spacial score (nSPS) is 17.4. The first-order chi connectivity index (χ1) is 17.0. The lowest BCUT2D eigenvalue weighted by molar-refractivity contribution is -0.132. The van der Waals surface area contributed by atoms with E-state index in [0.717, 1.165) is 4.90 Å². The number of para-hydroxylation sites is 1.